The Morgan fingerprint density at radius 3 is 2.59 bits per heavy atom. The summed E-state index contributed by atoms with van der Waals surface area (Å²) in [4.78, 5) is 36.9. The molecule has 2 N–H and O–H groups in total. The van der Waals surface area contributed by atoms with E-state index in [1.807, 2.05) is 6.92 Å². The number of nitrogens with zero attached hydrogens (tertiary/aromatic N) is 1. The second kappa shape index (κ2) is 8.60. The zero-order chi connectivity index (χ0) is 16.7. The SMILES string of the molecule is CCCCOC(=O)N[C@H](C(=O)N1CCC[C@H]1C(=O)O)C(C)C. The van der Waals surface area contributed by atoms with E-state index in [1.165, 1.54) is 4.90 Å². The minimum atomic E-state index is -1.00. The summed E-state index contributed by atoms with van der Waals surface area (Å²) in [5.74, 6) is -1.51. The van der Waals surface area contributed by atoms with Gasteiger partial charge in [0.05, 0.1) is 6.61 Å². The van der Waals surface area contributed by atoms with Crippen LogP contribution in [-0.4, -0.2) is 53.2 Å². The molecule has 7 heteroatoms. The Hall–Kier alpha value is -1.79. The van der Waals surface area contributed by atoms with Crippen LogP contribution in [0.3, 0.4) is 0 Å². The van der Waals surface area contributed by atoms with Crippen molar-refractivity contribution in [2.24, 2.45) is 5.92 Å². The third kappa shape index (κ3) is 4.89. The summed E-state index contributed by atoms with van der Waals surface area (Å²) in [5, 5.41) is 11.7. The van der Waals surface area contributed by atoms with Crippen LogP contribution in [-0.2, 0) is 14.3 Å². The first-order valence-electron chi connectivity index (χ1n) is 7.85. The Bertz CT molecular complexity index is 411. The second-order valence-corrected chi connectivity index (χ2v) is 5.88. The van der Waals surface area contributed by atoms with Gasteiger partial charge in [0.15, 0.2) is 0 Å². The molecule has 1 saturated heterocycles. The molecule has 0 aliphatic carbocycles. The van der Waals surface area contributed by atoms with Gasteiger partial charge in [0.25, 0.3) is 0 Å². The molecule has 1 aliphatic heterocycles. The first-order valence-corrected chi connectivity index (χ1v) is 7.85. The van der Waals surface area contributed by atoms with E-state index in [0.29, 0.717) is 26.0 Å². The Balaban J connectivity index is 2.67. The number of likely N-dealkylation sites (tertiary alicyclic amines) is 1. The molecule has 0 aromatic carbocycles. The summed E-state index contributed by atoms with van der Waals surface area (Å²) in [7, 11) is 0. The standard InChI is InChI=1S/C15H26N2O5/c1-4-5-9-22-15(21)16-12(10(2)3)13(18)17-8-6-7-11(17)14(19)20/h10-12H,4-9H2,1-3H3,(H,16,21)(H,19,20)/t11-,12-/m0/s1. The summed E-state index contributed by atoms with van der Waals surface area (Å²) in [5.41, 5.74) is 0. The van der Waals surface area contributed by atoms with Gasteiger partial charge in [-0.1, -0.05) is 27.2 Å². The molecule has 0 saturated carbocycles. The van der Waals surface area contributed by atoms with E-state index >= 15 is 0 Å². The van der Waals surface area contributed by atoms with Gasteiger partial charge in [-0.3, -0.25) is 4.79 Å². The summed E-state index contributed by atoms with van der Waals surface area (Å²) >= 11 is 0. The lowest BCUT2D eigenvalue weighted by Gasteiger charge is -2.29. The van der Waals surface area contributed by atoms with Crippen LogP contribution in [0.4, 0.5) is 4.79 Å². The number of nitrogens with one attached hydrogen (secondary N) is 1. The molecular formula is C15H26N2O5. The van der Waals surface area contributed by atoms with Crippen LogP contribution in [0.15, 0.2) is 0 Å². The van der Waals surface area contributed by atoms with E-state index in [9.17, 15) is 19.5 Å². The Kier molecular flexibility index (Phi) is 7.14. The van der Waals surface area contributed by atoms with Crippen molar-refractivity contribution in [3.8, 4) is 0 Å². The van der Waals surface area contributed by atoms with E-state index in [1.54, 1.807) is 13.8 Å². The van der Waals surface area contributed by atoms with Gasteiger partial charge < -0.3 is 20.1 Å². The number of alkyl carbamates (subject to hydrolysis) is 1. The average molecular weight is 314 g/mol. The lowest BCUT2D eigenvalue weighted by atomic mass is 10.0. The van der Waals surface area contributed by atoms with Gasteiger partial charge >= 0.3 is 12.1 Å². The highest BCUT2D eigenvalue weighted by Crippen LogP contribution is 2.20. The van der Waals surface area contributed by atoms with Crippen LogP contribution in [0.25, 0.3) is 0 Å². The molecule has 22 heavy (non-hydrogen) atoms. The van der Waals surface area contributed by atoms with Crippen molar-refractivity contribution in [1.29, 1.82) is 0 Å². The highest BCUT2D eigenvalue weighted by atomic mass is 16.5. The van der Waals surface area contributed by atoms with Crippen LogP contribution in [0, 0.1) is 5.92 Å². The molecule has 0 spiro atoms. The number of ether oxygens (including phenoxy) is 1. The first-order chi connectivity index (χ1) is 10.4. The first kappa shape index (κ1) is 18.3. The molecule has 0 unspecified atom stereocenters. The van der Waals surface area contributed by atoms with Gasteiger partial charge in [0, 0.05) is 6.54 Å². The molecule has 1 aliphatic rings. The summed E-state index contributed by atoms with van der Waals surface area (Å²) in [6.45, 7) is 6.32. The number of aliphatic carboxylic acids is 1. The molecule has 1 rings (SSSR count). The van der Waals surface area contributed by atoms with Gasteiger partial charge in [-0.15, -0.1) is 0 Å². The van der Waals surface area contributed by atoms with E-state index in [4.69, 9.17) is 4.74 Å². The number of carbonyl (C=O) groups excluding carboxylic acids is 2. The van der Waals surface area contributed by atoms with Crippen LogP contribution >= 0.6 is 0 Å². The van der Waals surface area contributed by atoms with Crippen LogP contribution < -0.4 is 5.32 Å². The minimum Gasteiger partial charge on any atom is -0.480 e. The maximum absolute atomic E-state index is 12.6. The van der Waals surface area contributed by atoms with Crippen molar-refractivity contribution in [3.63, 3.8) is 0 Å². The molecule has 0 aromatic heterocycles. The van der Waals surface area contributed by atoms with Gasteiger partial charge in [0.2, 0.25) is 5.91 Å². The molecule has 126 valence electrons. The molecular weight excluding hydrogens is 288 g/mol. The molecule has 1 heterocycles. The van der Waals surface area contributed by atoms with Crippen molar-refractivity contribution in [1.82, 2.24) is 10.2 Å². The molecule has 1 fully saturated rings. The third-order valence-corrected chi connectivity index (χ3v) is 3.76. The molecule has 2 amide bonds. The number of hydrogen-bond acceptors (Lipinski definition) is 4. The predicted molar refractivity (Wildman–Crippen MR) is 80.4 cm³/mol. The van der Waals surface area contributed by atoms with Crippen LogP contribution in [0.2, 0.25) is 0 Å². The Morgan fingerprint density at radius 1 is 1.36 bits per heavy atom. The van der Waals surface area contributed by atoms with E-state index in [0.717, 1.165) is 12.8 Å². The molecule has 0 aromatic rings. The average Bonchev–Trinajstić information content (AvgIpc) is 2.93. The Labute approximate surface area is 131 Å². The number of carboxylic acid groups (broad SMARTS) is 1. The topological polar surface area (TPSA) is 95.9 Å². The summed E-state index contributed by atoms with van der Waals surface area (Å²) < 4.78 is 5.01. The fraction of sp³-hybridized carbons (Fsp3) is 0.800. The van der Waals surface area contributed by atoms with Crippen molar-refractivity contribution in [2.45, 2.75) is 58.5 Å². The zero-order valence-electron chi connectivity index (χ0n) is 13.5. The number of hydrogen-bond donors (Lipinski definition) is 2. The smallest absolute Gasteiger partial charge is 0.407 e. The van der Waals surface area contributed by atoms with Crippen molar-refractivity contribution >= 4 is 18.0 Å². The van der Waals surface area contributed by atoms with Crippen molar-refractivity contribution < 1.29 is 24.2 Å². The van der Waals surface area contributed by atoms with Gasteiger partial charge in [-0.05, 0) is 25.2 Å². The summed E-state index contributed by atoms with van der Waals surface area (Å²) in [6.07, 6.45) is 2.16. The molecule has 0 bridgehead atoms. The van der Waals surface area contributed by atoms with Gasteiger partial charge in [-0.25, -0.2) is 9.59 Å². The lowest BCUT2D eigenvalue weighted by Crippen LogP contribution is -2.53. The van der Waals surface area contributed by atoms with Gasteiger partial charge in [-0.2, -0.15) is 0 Å². The molecule has 2 atom stereocenters. The maximum atomic E-state index is 12.6. The van der Waals surface area contributed by atoms with E-state index in [-0.39, 0.29) is 11.8 Å². The van der Waals surface area contributed by atoms with E-state index < -0.39 is 24.1 Å². The monoisotopic (exact) mass is 314 g/mol. The predicted octanol–water partition coefficient (Wildman–Crippen LogP) is 1.61. The van der Waals surface area contributed by atoms with Crippen molar-refractivity contribution in [2.75, 3.05) is 13.2 Å². The van der Waals surface area contributed by atoms with Crippen LogP contribution in [0.5, 0.6) is 0 Å². The number of carboxylic acids is 1. The minimum absolute atomic E-state index is 0.152. The largest absolute Gasteiger partial charge is 0.480 e. The molecule has 7 nitrogen and oxygen atoms in total. The fourth-order valence-corrected chi connectivity index (χ4v) is 2.46. The lowest BCUT2D eigenvalue weighted by molar-refractivity contribution is -0.149. The summed E-state index contributed by atoms with van der Waals surface area (Å²) in [6, 6.07) is -1.57. The van der Waals surface area contributed by atoms with Gasteiger partial charge in [0.1, 0.15) is 12.1 Å². The second-order valence-electron chi connectivity index (χ2n) is 5.88. The highest BCUT2D eigenvalue weighted by Gasteiger charge is 2.38. The normalized spacial score (nSPS) is 19.1. The number of unbranched alkanes of at least 4 members (excludes halogenated alkanes) is 1. The van der Waals surface area contributed by atoms with E-state index in [2.05, 4.69) is 5.32 Å². The Morgan fingerprint density at radius 2 is 2.05 bits per heavy atom. The molecule has 0 radical (unpaired) electrons. The van der Waals surface area contributed by atoms with Crippen molar-refractivity contribution in [3.05, 3.63) is 0 Å². The fourth-order valence-electron chi connectivity index (χ4n) is 2.46. The third-order valence-electron chi connectivity index (χ3n) is 3.76. The highest BCUT2D eigenvalue weighted by molar-refractivity contribution is 5.89. The number of carbonyl (C=O) groups is 3. The van der Waals surface area contributed by atoms with Crippen LogP contribution in [0.1, 0.15) is 46.5 Å². The number of rotatable bonds is 7. The number of amides is 2. The quantitative estimate of drug-likeness (QED) is 0.696. The zero-order valence-corrected chi connectivity index (χ0v) is 13.5. The maximum Gasteiger partial charge on any atom is 0.407 e.